The SMILES string of the molecule is CC(CN=C(N)Nc1ccccc1)Oc1ccc(F)cc1.I. The fraction of sp³-hybridized carbons (Fsp3) is 0.188. The largest absolute Gasteiger partial charge is 0.489 e. The van der Waals surface area contributed by atoms with Crippen LogP contribution in [0.2, 0.25) is 0 Å². The van der Waals surface area contributed by atoms with E-state index < -0.39 is 0 Å². The highest BCUT2D eigenvalue weighted by molar-refractivity contribution is 14.0. The van der Waals surface area contributed by atoms with Crippen LogP contribution in [0.3, 0.4) is 0 Å². The third-order valence-electron chi connectivity index (χ3n) is 2.72. The van der Waals surface area contributed by atoms with E-state index in [2.05, 4.69) is 10.3 Å². The highest BCUT2D eigenvalue weighted by atomic mass is 127. The smallest absolute Gasteiger partial charge is 0.193 e. The zero-order valence-corrected chi connectivity index (χ0v) is 14.5. The van der Waals surface area contributed by atoms with Gasteiger partial charge >= 0.3 is 0 Å². The van der Waals surface area contributed by atoms with E-state index in [0.29, 0.717) is 18.3 Å². The first-order valence-electron chi connectivity index (χ1n) is 6.67. The fourth-order valence-electron chi connectivity index (χ4n) is 1.72. The molecule has 4 nitrogen and oxygen atoms in total. The Morgan fingerprint density at radius 3 is 2.45 bits per heavy atom. The number of aliphatic imine (C=N–C) groups is 1. The van der Waals surface area contributed by atoms with Gasteiger partial charge in [-0.2, -0.15) is 0 Å². The van der Waals surface area contributed by atoms with Crippen LogP contribution in [-0.4, -0.2) is 18.6 Å². The van der Waals surface area contributed by atoms with Crippen molar-refractivity contribution in [2.75, 3.05) is 11.9 Å². The van der Waals surface area contributed by atoms with Gasteiger partial charge in [0.05, 0.1) is 6.54 Å². The maximum atomic E-state index is 12.8. The van der Waals surface area contributed by atoms with Crippen molar-refractivity contribution >= 4 is 35.6 Å². The lowest BCUT2D eigenvalue weighted by Crippen LogP contribution is -2.25. The Bertz CT molecular complexity index is 590. The highest BCUT2D eigenvalue weighted by Crippen LogP contribution is 2.13. The predicted octanol–water partition coefficient (Wildman–Crippen LogP) is 3.64. The zero-order valence-electron chi connectivity index (χ0n) is 12.2. The lowest BCUT2D eigenvalue weighted by atomic mass is 10.3. The van der Waals surface area contributed by atoms with E-state index in [4.69, 9.17) is 10.5 Å². The number of para-hydroxylation sites is 1. The van der Waals surface area contributed by atoms with E-state index in [-0.39, 0.29) is 35.9 Å². The van der Waals surface area contributed by atoms with Crippen molar-refractivity contribution in [1.29, 1.82) is 0 Å². The molecule has 0 bridgehead atoms. The Morgan fingerprint density at radius 2 is 1.82 bits per heavy atom. The molecular formula is C16H19FIN3O. The fourth-order valence-corrected chi connectivity index (χ4v) is 1.72. The van der Waals surface area contributed by atoms with E-state index in [1.807, 2.05) is 37.3 Å². The van der Waals surface area contributed by atoms with Crippen LogP contribution in [0.1, 0.15) is 6.92 Å². The normalized spacial score (nSPS) is 12.2. The van der Waals surface area contributed by atoms with E-state index >= 15 is 0 Å². The molecule has 1 atom stereocenters. The number of rotatable bonds is 5. The van der Waals surface area contributed by atoms with Crippen LogP contribution < -0.4 is 15.8 Å². The average Bonchev–Trinajstić information content (AvgIpc) is 2.49. The second kappa shape index (κ2) is 9.24. The monoisotopic (exact) mass is 415 g/mol. The number of nitrogens with zero attached hydrogens (tertiary/aromatic N) is 1. The number of anilines is 1. The van der Waals surface area contributed by atoms with E-state index in [9.17, 15) is 4.39 Å². The standard InChI is InChI=1S/C16H18FN3O.HI/c1-12(21-15-9-7-13(17)8-10-15)11-19-16(18)20-14-5-3-2-4-6-14;/h2-10,12H,11H2,1H3,(H3,18,19,20);1H. The van der Waals surface area contributed by atoms with Crippen LogP contribution in [0.4, 0.5) is 10.1 Å². The molecule has 0 aromatic heterocycles. The molecule has 0 saturated carbocycles. The molecule has 2 aromatic rings. The van der Waals surface area contributed by atoms with Gasteiger partial charge in [-0.3, -0.25) is 0 Å². The van der Waals surface area contributed by atoms with Crippen molar-refractivity contribution in [2.24, 2.45) is 10.7 Å². The molecule has 3 N–H and O–H groups in total. The van der Waals surface area contributed by atoms with E-state index in [1.165, 1.54) is 12.1 Å². The average molecular weight is 415 g/mol. The molecule has 0 aliphatic heterocycles. The van der Waals surface area contributed by atoms with Gasteiger partial charge in [0, 0.05) is 5.69 Å². The topological polar surface area (TPSA) is 59.6 Å². The second-order valence-electron chi connectivity index (χ2n) is 4.60. The molecular weight excluding hydrogens is 396 g/mol. The third-order valence-corrected chi connectivity index (χ3v) is 2.72. The quantitative estimate of drug-likeness (QED) is 0.446. The summed E-state index contributed by atoms with van der Waals surface area (Å²) in [6, 6.07) is 15.4. The number of nitrogens with one attached hydrogen (secondary N) is 1. The van der Waals surface area contributed by atoms with Gasteiger partial charge in [-0.05, 0) is 43.3 Å². The maximum Gasteiger partial charge on any atom is 0.193 e. The molecule has 0 aliphatic carbocycles. The van der Waals surface area contributed by atoms with Crippen LogP contribution >= 0.6 is 24.0 Å². The van der Waals surface area contributed by atoms with Gasteiger partial charge in [-0.1, -0.05) is 18.2 Å². The maximum absolute atomic E-state index is 12.8. The third kappa shape index (κ3) is 6.30. The lowest BCUT2D eigenvalue weighted by molar-refractivity contribution is 0.230. The summed E-state index contributed by atoms with van der Waals surface area (Å²) in [5.74, 6) is 0.647. The summed E-state index contributed by atoms with van der Waals surface area (Å²) in [5.41, 5.74) is 6.68. The number of hydrogen-bond acceptors (Lipinski definition) is 2. The van der Waals surface area contributed by atoms with Crippen LogP contribution in [0.5, 0.6) is 5.75 Å². The second-order valence-corrected chi connectivity index (χ2v) is 4.60. The molecule has 0 radical (unpaired) electrons. The van der Waals surface area contributed by atoms with Crippen molar-refractivity contribution in [1.82, 2.24) is 0 Å². The summed E-state index contributed by atoms with van der Waals surface area (Å²) in [7, 11) is 0. The summed E-state index contributed by atoms with van der Waals surface area (Å²) in [5, 5.41) is 2.99. The molecule has 118 valence electrons. The minimum absolute atomic E-state index is 0. The van der Waals surface area contributed by atoms with Crippen molar-refractivity contribution < 1.29 is 9.13 Å². The lowest BCUT2D eigenvalue weighted by Gasteiger charge is -2.13. The Kier molecular flexibility index (Phi) is 7.65. The first-order chi connectivity index (χ1) is 10.1. The highest BCUT2D eigenvalue weighted by Gasteiger charge is 2.04. The van der Waals surface area contributed by atoms with Crippen LogP contribution in [0.15, 0.2) is 59.6 Å². The van der Waals surface area contributed by atoms with Gasteiger partial charge in [0.15, 0.2) is 5.96 Å². The summed E-state index contributed by atoms with van der Waals surface area (Å²) in [6.07, 6.45) is -0.161. The molecule has 6 heteroatoms. The summed E-state index contributed by atoms with van der Waals surface area (Å²) in [6.45, 7) is 2.28. The predicted molar refractivity (Wildman–Crippen MR) is 98.5 cm³/mol. The molecule has 0 fully saturated rings. The van der Waals surface area contributed by atoms with Gasteiger partial charge in [0.1, 0.15) is 17.7 Å². The minimum atomic E-state index is -0.288. The molecule has 2 rings (SSSR count). The molecule has 22 heavy (non-hydrogen) atoms. The molecule has 0 saturated heterocycles. The first-order valence-corrected chi connectivity index (χ1v) is 6.67. The number of nitrogens with two attached hydrogens (primary N) is 1. The van der Waals surface area contributed by atoms with Crippen molar-refractivity contribution in [2.45, 2.75) is 13.0 Å². The number of ether oxygens (including phenoxy) is 1. The van der Waals surface area contributed by atoms with Crippen LogP contribution in [0, 0.1) is 5.82 Å². The molecule has 0 spiro atoms. The van der Waals surface area contributed by atoms with Gasteiger partial charge in [0.2, 0.25) is 0 Å². The Labute approximate surface area is 146 Å². The number of halogens is 2. The molecule has 1 unspecified atom stereocenters. The van der Waals surface area contributed by atoms with Gasteiger partial charge in [-0.15, -0.1) is 24.0 Å². The molecule has 0 amide bonds. The summed E-state index contributed by atoms with van der Waals surface area (Å²) < 4.78 is 18.4. The van der Waals surface area contributed by atoms with E-state index in [0.717, 1.165) is 5.69 Å². The Hall–Kier alpha value is -1.83. The molecule has 0 heterocycles. The van der Waals surface area contributed by atoms with Gasteiger partial charge < -0.3 is 15.8 Å². The first kappa shape index (κ1) is 18.2. The number of guanidine groups is 1. The Balaban J connectivity index is 0.00000242. The molecule has 0 aliphatic rings. The number of hydrogen-bond donors (Lipinski definition) is 2. The van der Waals surface area contributed by atoms with Crippen molar-refractivity contribution in [3.63, 3.8) is 0 Å². The van der Waals surface area contributed by atoms with Crippen LogP contribution in [-0.2, 0) is 0 Å². The Morgan fingerprint density at radius 1 is 1.18 bits per heavy atom. The minimum Gasteiger partial charge on any atom is -0.489 e. The van der Waals surface area contributed by atoms with Crippen molar-refractivity contribution in [3.05, 3.63) is 60.4 Å². The van der Waals surface area contributed by atoms with Crippen LogP contribution in [0.25, 0.3) is 0 Å². The van der Waals surface area contributed by atoms with Crippen molar-refractivity contribution in [3.8, 4) is 5.75 Å². The number of benzene rings is 2. The molecule has 2 aromatic carbocycles. The van der Waals surface area contributed by atoms with Gasteiger partial charge in [0.25, 0.3) is 0 Å². The van der Waals surface area contributed by atoms with Gasteiger partial charge in [-0.25, -0.2) is 9.38 Å². The summed E-state index contributed by atoms with van der Waals surface area (Å²) in [4.78, 5) is 4.22. The zero-order chi connectivity index (χ0) is 15.1. The van der Waals surface area contributed by atoms with E-state index in [1.54, 1.807) is 12.1 Å². The summed E-state index contributed by atoms with van der Waals surface area (Å²) >= 11 is 0.